The molecule has 0 radical (unpaired) electrons. The van der Waals surface area contributed by atoms with Crippen molar-refractivity contribution in [2.75, 3.05) is 26.3 Å². The molecule has 2 aliphatic heterocycles. The van der Waals surface area contributed by atoms with Gasteiger partial charge in [-0.1, -0.05) is 12.1 Å². The Labute approximate surface area is 187 Å². The predicted octanol–water partition coefficient (Wildman–Crippen LogP) is 2.84. The molecule has 2 aromatic heterocycles. The van der Waals surface area contributed by atoms with Crippen LogP contribution in [0.1, 0.15) is 5.76 Å². The maximum Gasteiger partial charge on any atom is 0.290 e. The second-order valence-electron chi connectivity index (χ2n) is 7.15. The van der Waals surface area contributed by atoms with Gasteiger partial charge in [-0.05, 0) is 35.5 Å². The third kappa shape index (κ3) is 3.84. The largest absolute Gasteiger partial charge is 0.456 e. The molecule has 3 aromatic rings. The summed E-state index contributed by atoms with van der Waals surface area (Å²) >= 11 is 0.812. The summed E-state index contributed by atoms with van der Waals surface area (Å²) in [6, 6.07) is 8.28. The summed E-state index contributed by atoms with van der Waals surface area (Å²) < 4.78 is 38.3. The number of furan rings is 1. The normalized spacial score (nSPS) is 19.1. The average molecular weight is 472 g/mol. The molecule has 2 aliphatic rings. The van der Waals surface area contributed by atoms with E-state index in [1.165, 1.54) is 10.4 Å². The number of morpholine rings is 1. The number of nitrogens with zero attached hydrogens (tertiary/aromatic N) is 2. The molecule has 11 heteroatoms. The highest BCUT2D eigenvalue weighted by atomic mass is 32.2. The number of fused-ring (bicyclic) bond motifs is 1. The summed E-state index contributed by atoms with van der Waals surface area (Å²) in [5, 5.41) is 2.49. The molecule has 0 saturated carbocycles. The number of hydrogen-bond donors (Lipinski definition) is 1. The Morgan fingerprint density at radius 1 is 1.09 bits per heavy atom. The van der Waals surface area contributed by atoms with Crippen LogP contribution in [0.2, 0.25) is 0 Å². The minimum absolute atomic E-state index is 0.210. The van der Waals surface area contributed by atoms with E-state index in [4.69, 9.17) is 9.15 Å². The van der Waals surface area contributed by atoms with Crippen LogP contribution in [0.4, 0.5) is 4.79 Å². The first-order valence-corrected chi connectivity index (χ1v) is 12.0. The van der Waals surface area contributed by atoms with E-state index in [2.05, 4.69) is 10.3 Å². The first-order chi connectivity index (χ1) is 15.4. The molecule has 1 N–H and O–H groups in total. The van der Waals surface area contributed by atoms with E-state index in [0.29, 0.717) is 48.6 Å². The highest BCUT2D eigenvalue weighted by Crippen LogP contribution is 2.33. The van der Waals surface area contributed by atoms with Gasteiger partial charge in [0.05, 0.1) is 23.0 Å². The first-order valence-electron chi connectivity index (χ1n) is 9.72. The number of ether oxygens (including phenoxy) is 1. The van der Waals surface area contributed by atoms with Crippen LogP contribution in [-0.2, 0) is 19.6 Å². The van der Waals surface area contributed by atoms with Crippen molar-refractivity contribution in [1.29, 1.82) is 0 Å². The number of aromatic nitrogens is 1. The van der Waals surface area contributed by atoms with Gasteiger partial charge in [-0.25, -0.2) is 8.42 Å². The van der Waals surface area contributed by atoms with Gasteiger partial charge in [0.2, 0.25) is 10.0 Å². The molecule has 5 rings (SSSR count). The third-order valence-electron chi connectivity index (χ3n) is 5.13. The number of nitrogens with one attached hydrogen (secondary N) is 1. The molecule has 4 heterocycles. The Morgan fingerprint density at radius 2 is 1.84 bits per heavy atom. The van der Waals surface area contributed by atoms with Gasteiger partial charge in [-0.3, -0.25) is 19.9 Å². The van der Waals surface area contributed by atoms with Crippen LogP contribution in [0.5, 0.6) is 0 Å². The highest BCUT2D eigenvalue weighted by molar-refractivity contribution is 8.18. The van der Waals surface area contributed by atoms with Crippen molar-refractivity contribution >= 4 is 50.0 Å². The first kappa shape index (κ1) is 20.9. The summed E-state index contributed by atoms with van der Waals surface area (Å²) in [6.45, 7) is 1.44. The number of hydrogen-bond acceptors (Lipinski definition) is 8. The molecule has 0 aliphatic carbocycles. The van der Waals surface area contributed by atoms with E-state index < -0.39 is 21.2 Å². The quantitative estimate of drug-likeness (QED) is 0.577. The van der Waals surface area contributed by atoms with Crippen LogP contribution < -0.4 is 5.32 Å². The maximum absolute atomic E-state index is 12.8. The molecular weight excluding hydrogens is 454 g/mol. The van der Waals surface area contributed by atoms with Crippen molar-refractivity contribution in [3.05, 3.63) is 53.4 Å². The molecule has 0 spiro atoms. The Balaban J connectivity index is 1.47. The Morgan fingerprint density at radius 3 is 2.53 bits per heavy atom. The van der Waals surface area contributed by atoms with Gasteiger partial charge >= 0.3 is 0 Å². The Hall–Kier alpha value is -2.99. The number of thioether (sulfide) groups is 1. The van der Waals surface area contributed by atoms with E-state index >= 15 is 0 Å². The van der Waals surface area contributed by atoms with Crippen LogP contribution >= 0.6 is 11.8 Å². The minimum atomic E-state index is -3.58. The zero-order chi connectivity index (χ0) is 22.3. The number of carbonyl (C=O) groups excluding carboxylic acids is 2. The molecule has 9 nitrogen and oxygen atoms in total. The van der Waals surface area contributed by atoms with Crippen LogP contribution in [0, 0.1) is 0 Å². The van der Waals surface area contributed by atoms with Gasteiger partial charge in [0.1, 0.15) is 11.3 Å². The van der Waals surface area contributed by atoms with Crippen molar-refractivity contribution in [3.63, 3.8) is 0 Å². The van der Waals surface area contributed by atoms with Crippen molar-refractivity contribution in [1.82, 2.24) is 14.6 Å². The number of benzene rings is 1. The van der Waals surface area contributed by atoms with E-state index in [-0.39, 0.29) is 9.80 Å². The van der Waals surface area contributed by atoms with E-state index in [1.807, 2.05) is 0 Å². The zero-order valence-corrected chi connectivity index (χ0v) is 18.2. The second kappa shape index (κ2) is 8.17. The summed E-state index contributed by atoms with van der Waals surface area (Å²) in [4.78, 5) is 27.9. The van der Waals surface area contributed by atoms with Gasteiger partial charge in [0.25, 0.3) is 11.1 Å². The minimum Gasteiger partial charge on any atom is -0.456 e. The fourth-order valence-corrected chi connectivity index (χ4v) is 5.62. The molecule has 164 valence electrons. The van der Waals surface area contributed by atoms with E-state index in [0.717, 1.165) is 17.3 Å². The zero-order valence-electron chi connectivity index (χ0n) is 16.6. The third-order valence-corrected chi connectivity index (χ3v) is 7.85. The van der Waals surface area contributed by atoms with Crippen molar-refractivity contribution < 1.29 is 27.2 Å². The topological polar surface area (TPSA) is 119 Å². The summed E-state index contributed by atoms with van der Waals surface area (Å²) in [5.74, 6) is -0.0519. The molecule has 1 aromatic carbocycles. The number of rotatable bonds is 4. The van der Waals surface area contributed by atoms with Gasteiger partial charge < -0.3 is 9.15 Å². The van der Waals surface area contributed by atoms with Gasteiger partial charge in [-0.2, -0.15) is 4.31 Å². The Bertz CT molecular complexity index is 1360. The number of carbonyl (C=O) groups is 2. The number of imide groups is 1. The average Bonchev–Trinajstić information content (AvgIpc) is 3.35. The van der Waals surface area contributed by atoms with Crippen LogP contribution in [0.25, 0.3) is 28.2 Å². The van der Waals surface area contributed by atoms with Gasteiger partial charge in [0, 0.05) is 42.5 Å². The SMILES string of the molecule is O=C1NC(=O)/C(=C\c2cc3cncc(-c4ccc(S(=O)(=O)N5CCOCC5)cc4)c3o2)S1. The molecule has 2 amide bonds. The molecule has 32 heavy (non-hydrogen) atoms. The molecule has 2 saturated heterocycles. The molecule has 0 atom stereocenters. The predicted molar refractivity (Wildman–Crippen MR) is 118 cm³/mol. The highest BCUT2D eigenvalue weighted by Gasteiger charge is 2.27. The van der Waals surface area contributed by atoms with Crippen LogP contribution in [0.3, 0.4) is 0 Å². The van der Waals surface area contributed by atoms with Crippen LogP contribution in [0.15, 0.2) is 56.9 Å². The van der Waals surface area contributed by atoms with Gasteiger partial charge in [-0.15, -0.1) is 0 Å². The monoisotopic (exact) mass is 471 g/mol. The summed E-state index contributed by atoms with van der Waals surface area (Å²) in [6.07, 6.45) is 4.77. The van der Waals surface area contributed by atoms with Crippen molar-refractivity contribution in [3.8, 4) is 11.1 Å². The number of pyridine rings is 1. The lowest BCUT2D eigenvalue weighted by Gasteiger charge is -2.26. The van der Waals surface area contributed by atoms with Crippen molar-refractivity contribution in [2.24, 2.45) is 0 Å². The summed E-state index contributed by atoms with van der Waals surface area (Å²) in [5.41, 5.74) is 1.97. The number of amides is 2. The standard InChI is InChI=1S/C21H17N3O6S2/c25-20-18(31-21(26)23-20)10-15-9-14-11-22-12-17(19(14)30-15)13-1-3-16(4-2-13)32(27,28)24-5-7-29-8-6-24/h1-4,9-12H,5-8H2,(H,23,25,26)/b18-10+. The second-order valence-corrected chi connectivity index (χ2v) is 10.1. The van der Waals surface area contributed by atoms with E-state index in [9.17, 15) is 18.0 Å². The smallest absolute Gasteiger partial charge is 0.290 e. The van der Waals surface area contributed by atoms with Crippen LogP contribution in [-0.4, -0.2) is 55.2 Å². The van der Waals surface area contributed by atoms with E-state index in [1.54, 1.807) is 42.7 Å². The Kier molecular flexibility index (Phi) is 5.33. The molecular formula is C21H17N3O6S2. The fourth-order valence-electron chi connectivity index (χ4n) is 3.55. The molecule has 0 bridgehead atoms. The van der Waals surface area contributed by atoms with Gasteiger partial charge in [0.15, 0.2) is 0 Å². The molecule has 0 unspecified atom stereocenters. The summed E-state index contributed by atoms with van der Waals surface area (Å²) in [7, 11) is -3.58. The lowest BCUT2D eigenvalue weighted by molar-refractivity contribution is -0.115. The van der Waals surface area contributed by atoms with Crippen molar-refractivity contribution in [2.45, 2.75) is 4.90 Å². The lowest BCUT2D eigenvalue weighted by Crippen LogP contribution is -2.40. The molecule has 2 fully saturated rings. The number of sulfonamides is 1. The maximum atomic E-state index is 12.8. The lowest BCUT2D eigenvalue weighted by atomic mass is 10.1. The fraction of sp³-hybridized carbons (Fsp3) is 0.190.